The predicted molar refractivity (Wildman–Crippen MR) is 52.7 cm³/mol. The Morgan fingerprint density at radius 1 is 1.54 bits per heavy atom. The summed E-state index contributed by atoms with van der Waals surface area (Å²) < 4.78 is 5.09. The molecular formula is C10H21NO2. The first-order valence-electron chi connectivity index (χ1n) is 5.06. The van der Waals surface area contributed by atoms with Crippen molar-refractivity contribution in [2.24, 2.45) is 5.92 Å². The number of aliphatic hydroxyl groups is 1. The van der Waals surface area contributed by atoms with Gasteiger partial charge in [-0.1, -0.05) is 0 Å². The Bertz CT molecular complexity index is 150. The molecule has 0 amide bonds. The molecule has 3 heteroatoms. The van der Waals surface area contributed by atoms with Gasteiger partial charge in [0.2, 0.25) is 0 Å². The van der Waals surface area contributed by atoms with Crippen LogP contribution in [0.4, 0.5) is 0 Å². The SMILES string of the molecule is COC[C@@H]1CN(C(C)C)CC[C@@H]1O. The van der Waals surface area contributed by atoms with Crippen LogP contribution < -0.4 is 0 Å². The van der Waals surface area contributed by atoms with Crippen LogP contribution in [-0.4, -0.2) is 49.0 Å². The molecule has 1 fully saturated rings. The molecule has 1 aliphatic rings. The number of rotatable bonds is 3. The van der Waals surface area contributed by atoms with Crippen LogP contribution in [0.25, 0.3) is 0 Å². The molecule has 0 aromatic rings. The van der Waals surface area contributed by atoms with Crippen LogP contribution in [-0.2, 0) is 4.74 Å². The number of nitrogens with zero attached hydrogens (tertiary/aromatic N) is 1. The summed E-state index contributed by atoms with van der Waals surface area (Å²) in [5.74, 6) is 0.293. The molecule has 1 N–H and O–H groups in total. The summed E-state index contributed by atoms with van der Waals surface area (Å²) in [6, 6.07) is 0.576. The first kappa shape index (κ1) is 11.0. The second kappa shape index (κ2) is 4.94. The van der Waals surface area contributed by atoms with Gasteiger partial charge in [0.15, 0.2) is 0 Å². The first-order valence-corrected chi connectivity index (χ1v) is 5.06. The molecule has 13 heavy (non-hydrogen) atoms. The fourth-order valence-corrected chi connectivity index (χ4v) is 1.89. The average molecular weight is 187 g/mol. The van der Waals surface area contributed by atoms with Crippen LogP contribution in [0.3, 0.4) is 0 Å². The van der Waals surface area contributed by atoms with Crippen molar-refractivity contribution in [2.45, 2.75) is 32.4 Å². The van der Waals surface area contributed by atoms with Crippen LogP contribution in [0, 0.1) is 5.92 Å². The van der Waals surface area contributed by atoms with E-state index in [1.54, 1.807) is 7.11 Å². The van der Waals surface area contributed by atoms with Crippen molar-refractivity contribution in [3.05, 3.63) is 0 Å². The smallest absolute Gasteiger partial charge is 0.0614 e. The number of aliphatic hydroxyl groups excluding tert-OH is 1. The molecule has 0 aromatic carbocycles. The Kier molecular flexibility index (Phi) is 4.16. The molecule has 0 bridgehead atoms. The first-order chi connectivity index (χ1) is 6.15. The highest BCUT2D eigenvalue weighted by Gasteiger charge is 2.28. The maximum absolute atomic E-state index is 9.69. The van der Waals surface area contributed by atoms with Crippen LogP contribution >= 0.6 is 0 Å². The van der Waals surface area contributed by atoms with E-state index in [9.17, 15) is 5.11 Å². The molecule has 1 rings (SSSR count). The highest BCUT2D eigenvalue weighted by molar-refractivity contribution is 4.81. The highest BCUT2D eigenvalue weighted by Crippen LogP contribution is 2.19. The molecular weight excluding hydrogens is 166 g/mol. The molecule has 1 heterocycles. The molecule has 3 nitrogen and oxygen atoms in total. The number of hydrogen-bond donors (Lipinski definition) is 1. The monoisotopic (exact) mass is 187 g/mol. The fraction of sp³-hybridized carbons (Fsp3) is 1.00. The van der Waals surface area contributed by atoms with Crippen LogP contribution in [0.1, 0.15) is 20.3 Å². The maximum Gasteiger partial charge on any atom is 0.0614 e. The van der Waals surface area contributed by atoms with Crippen LogP contribution in [0.2, 0.25) is 0 Å². The predicted octanol–water partition coefficient (Wildman–Crippen LogP) is 0.724. The van der Waals surface area contributed by atoms with Crippen molar-refractivity contribution in [2.75, 3.05) is 26.8 Å². The van der Waals surface area contributed by atoms with E-state index in [2.05, 4.69) is 18.7 Å². The van der Waals surface area contributed by atoms with Crippen molar-refractivity contribution in [1.82, 2.24) is 4.90 Å². The van der Waals surface area contributed by atoms with Crippen LogP contribution in [0.15, 0.2) is 0 Å². The normalized spacial score (nSPS) is 31.2. The zero-order chi connectivity index (χ0) is 9.84. The molecule has 78 valence electrons. The van der Waals surface area contributed by atoms with Gasteiger partial charge in [-0.15, -0.1) is 0 Å². The molecule has 1 saturated heterocycles. The van der Waals surface area contributed by atoms with Gasteiger partial charge in [-0.2, -0.15) is 0 Å². The van der Waals surface area contributed by atoms with Crippen molar-refractivity contribution in [3.8, 4) is 0 Å². The lowest BCUT2D eigenvalue weighted by atomic mass is 9.94. The summed E-state index contributed by atoms with van der Waals surface area (Å²) in [5, 5.41) is 9.69. The van der Waals surface area contributed by atoms with Gasteiger partial charge in [0.05, 0.1) is 12.7 Å². The summed E-state index contributed by atoms with van der Waals surface area (Å²) in [6.45, 7) is 7.04. The topological polar surface area (TPSA) is 32.7 Å². The third kappa shape index (κ3) is 2.93. The van der Waals surface area contributed by atoms with Crippen molar-refractivity contribution < 1.29 is 9.84 Å². The summed E-state index contributed by atoms with van der Waals surface area (Å²) >= 11 is 0. The Morgan fingerprint density at radius 2 is 2.23 bits per heavy atom. The van der Waals surface area contributed by atoms with Gasteiger partial charge in [0.25, 0.3) is 0 Å². The van der Waals surface area contributed by atoms with E-state index in [-0.39, 0.29) is 6.10 Å². The van der Waals surface area contributed by atoms with Crippen molar-refractivity contribution in [1.29, 1.82) is 0 Å². The van der Waals surface area contributed by atoms with E-state index in [0.29, 0.717) is 18.6 Å². The summed E-state index contributed by atoms with van der Waals surface area (Å²) in [5.41, 5.74) is 0. The standard InChI is InChI=1S/C10H21NO2/c1-8(2)11-5-4-10(12)9(6-11)7-13-3/h8-10,12H,4-7H2,1-3H3/t9-,10-/m0/s1. The highest BCUT2D eigenvalue weighted by atomic mass is 16.5. The largest absolute Gasteiger partial charge is 0.393 e. The number of piperidine rings is 1. The van der Waals surface area contributed by atoms with E-state index in [0.717, 1.165) is 19.5 Å². The minimum atomic E-state index is -0.171. The van der Waals surface area contributed by atoms with E-state index < -0.39 is 0 Å². The molecule has 0 aromatic heterocycles. The third-order valence-corrected chi connectivity index (χ3v) is 2.84. The van der Waals surface area contributed by atoms with Crippen molar-refractivity contribution in [3.63, 3.8) is 0 Å². The number of hydrogen-bond acceptors (Lipinski definition) is 3. The number of likely N-dealkylation sites (tertiary alicyclic amines) is 1. The Labute approximate surface area is 80.7 Å². The van der Waals surface area contributed by atoms with Gasteiger partial charge >= 0.3 is 0 Å². The lowest BCUT2D eigenvalue weighted by molar-refractivity contribution is -0.0183. The van der Waals surface area contributed by atoms with Gasteiger partial charge in [0, 0.05) is 32.2 Å². The molecule has 0 radical (unpaired) electrons. The molecule has 2 atom stereocenters. The second-order valence-corrected chi connectivity index (χ2v) is 4.16. The average Bonchev–Trinajstić information content (AvgIpc) is 2.08. The zero-order valence-corrected chi connectivity index (χ0v) is 8.86. The summed E-state index contributed by atoms with van der Waals surface area (Å²) in [7, 11) is 1.70. The third-order valence-electron chi connectivity index (χ3n) is 2.84. The minimum absolute atomic E-state index is 0.171. The van der Waals surface area contributed by atoms with E-state index in [1.165, 1.54) is 0 Å². The lowest BCUT2D eigenvalue weighted by Crippen LogP contribution is -2.47. The molecule has 0 aliphatic carbocycles. The van der Waals surface area contributed by atoms with Crippen molar-refractivity contribution >= 4 is 0 Å². The van der Waals surface area contributed by atoms with Gasteiger partial charge in [0.1, 0.15) is 0 Å². The fourth-order valence-electron chi connectivity index (χ4n) is 1.89. The van der Waals surface area contributed by atoms with E-state index >= 15 is 0 Å². The lowest BCUT2D eigenvalue weighted by Gasteiger charge is -2.38. The Morgan fingerprint density at radius 3 is 2.77 bits per heavy atom. The van der Waals surface area contributed by atoms with Crippen LogP contribution in [0.5, 0.6) is 0 Å². The maximum atomic E-state index is 9.69. The van der Waals surface area contributed by atoms with Gasteiger partial charge in [-0.05, 0) is 20.3 Å². The summed E-state index contributed by atoms with van der Waals surface area (Å²) in [4.78, 5) is 2.40. The molecule has 1 aliphatic heterocycles. The van der Waals surface area contributed by atoms with Gasteiger partial charge < -0.3 is 14.7 Å². The quantitative estimate of drug-likeness (QED) is 0.707. The Hall–Kier alpha value is -0.120. The summed E-state index contributed by atoms with van der Waals surface area (Å²) in [6.07, 6.45) is 0.710. The van der Waals surface area contributed by atoms with Gasteiger partial charge in [-0.25, -0.2) is 0 Å². The minimum Gasteiger partial charge on any atom is -0.393 e. The van der Waals surface area contributed by atoms with E-state index in [4.69, 9.17) is 4.74 Å². The second-order valence-electron chi connectivity index (χ2n) is 4.16. The Balaban J connectivity index is 2.42. The molecule has 0 spiro atoms. The molecule has 0 saturated carbocycles. The molecule has 0 unspecified atom stereocenters. The van der Waals surface area contributed by atoms with Gasteiger partial charge in [-0.3, -0.25) is 0 Å². The zero-order valence-electron chi connectivity index (χ0n) is 8.86. The number of methoxy groups -OCH3 is 1. The van der Waals surface area contributed by atoms with E-state index in [1.807, 2.05) is 0 Å². The number of ether oxygens (including phenoxy) is 1.